The lowest BCUT2D eigenvalue weighted by Gasteiger charge is -2.26. The average molecular weight is 300 g/mol. The van der Waals surface area contributed by atoms with Crippen LogP contribution in [-0.4, -0.2) is 41.1 Å². The summed E-state index contributed by atoms with van der Waals surface area (Å²) in [5.41, 5.74) is 0.0653. The van der Waals surface area contributed by atoms with Gasteiger partial charge in [-0.1, -0.05) is 11.6 Å². The van der Waals surface area contributed by atoms with E-state index in [4.69, 9.17) is 16.3 Å². The van der Waals surface area contributed by atoms with Gasteiger partial charge in [-0.2, -0.15) is 0 Å². The van der Waals surface area contributed by atoms with Gasteiger partial charge in [0.05, 0.1) is 12.2 Å². The van der Waals surface area contributed by atoms with Crippen LogP contribution in [0.4, 0.5) is 0 Å². The summed E-state index contributed by atoms with van der Waals surface area (Å²) < 4.78 is 4.84. The van der Waals surface area contributed by atoms with Gasteiger partial charge in [-0.25, -0.2) is 0 Å². The molecule has 0 saturated carbocycles. The number of esters is 1. The van der Waals surface area contributed by atoms with Gasteiger partial charge >= 0.3 is 5.97 Å². The summed E-state index contributed by atoms with van der Waals surface area (Å²) >= 11 is 5.83. The van der Waals surface area contributed by atoms with Crippen molar-refractivity contribution in [3.63, 3.8) is 0 Å². The first-order valence-corrected chi connectivity index (χ1v) is 6.69. The average Bonchev–Trinajstić information content (AvgIpc) is 2.38. The molecule has 0 atom stereocenters. The molecule has 0 aliphatic heterocycles. The van der Waals surface area contributed by atoms with Crippen molar-refractivity contribution < 1.29 is 19.4 Å². The maximum atomic E-state index is 12.4. The molecule has 1 amide bonds. The monoisotopic (exact) mass is 299 g/mol. The maximum absolute atomic E-state index is 12.4. The van der Waals surface area contributed by atoms with Crippen molar-refractivity contribution in [3.8, 4) is 5.75 Å². The van der Waals surface area contributed by atoms with Crippen molar-refractivity contribution in [1.29, 1.82) is 0 Å². The lowest BCUT2D eigenvalue weighted by molar-refractivity contribution is -0.144. The second-order valence-electron chi connectivity index (χ2n) is 4.49. The molecular formula is C14H18ClNO4. The van der Waals surface area contributed by atoms with E-state index in [0.717, 1.165) is 0 Å². The second-order valence-corrected chi connectivity index (χ2v) is 4.93. The molecular weight excluding hydrogens is 282 g/mol. The molecule has 0 aromatic heterocycles. The fourth-order valence-electron chi connectivity index (χ4n) is 1.67. The molecule has 0 aliphatic rings. The Morgan fingerprint density at radius 2 is 2.05 bits per heavy atom. The minimum Gasteiger partial charge on any atom is -0.507 e. The third-order valence-electron chi connectivity index (χ3n) is 2.68. The number of carbonyl (C=O) groups is 2. The Labute approximate surface area is 123 Å². The lowest BCUT2D eigenvalue weighted by atomic mass is 10.1. The van der Waals surface area contributed by atoms with Gasteiger partial charge in [-0.05, 0) is 39.0 Å². The Kier molecular flexibility index (Phi) is 5.82. The number of phenolic OH excluding ortho intramolecular Hbond substituents is 1. The zero-order valence-electron chi connectivity index (χ0n) is 11.7. The lowest BCUT2D eigenvalue weighted by Crippen LogP contribution is -2.41. The minimum atomic E-state index is -0.490. The number of carbonyl (C=O) groups excluding carboxylic acids is 2. The molecule has 1 aromatic carbocycles. The third kappa shape index (κ3) is 4.13. The summed E-state index contributed by atoms with van der Waals surface area (Å²) in [5.74, 6) is -1.13. The molecule has 110 valence electrons. The number of halogens is 1. The Balaban J connectivity index is 2.99. The van der Waals surface area contributed by atoms with Crippen LogP contribution in [0.2, 0.25) is 5.02 Å². The Morgan fingerprint density at radius 3 is 2.60 bits per heavy atom. The number of benzene rings is 1. The van der Waals surface area contributed by atoms with Crippen LogP contribution >= 0.6 is 11.6 Å². The largest absolute Gasteiger partial charge is 0.507 e. The number of phenols is 1. The highest BCUT2D eigenvalue weighted by Gasteiger charge is 2.24. The maximum Gasteiger partial charge on any atom is 0.325 e. The van der Waals surface area contributed by atoms with Crippen molar-refractivity contribution in [2.24, 2.45) is 0 Å². The van der Waals surface area contributed by atoms with Crippen LogP contribution < -0.4 is 0 Å². The van der Waals surface area contributed by atoms with Crippen LogP contribution in [-0.2, 0) is 9.53 Å². The van der Waals surface area contributed by atoms with Crippen molar-refractivity contribution in [2.75, 3.05) is 13.2 Å². The number of rotatable bonds is 5. The summed E-state index contributed by atoms with van der Waals surface area (Å²) in [6, 6.07) is 3.99. The first-order valence-electron chi connectivity index (χ1n) is 6.32. The fraction of sp³-hybridized carbons (Fsp3) is 0.429. The molecule has 1 aromatic rings. The van der Waals surface area contributed by atoms with Crippen molar-refractivity contribution in [2.45, 2.75) is 26.8 Å². The topological polar surface area (TPSA) is 66.8 Å². The quantitative estimate of drug-likeness (QED) is 0.848. The SMILES string of the molecule is CCOC(=O)CN(C(=O)c1cc(Cl)ccc1O)C(C)C. The molecule has 0 spiro atoms. The third-order valence-corrected chi connectivity index (χ3v) is 2.91. The first kappa shape index (κ1) is 16.3. The molecule has 0 radical (unpaired) electrons. The molecule has 0 aliphatic carbocycles. The van der Waals surface area contributed by atoms with Crippen molar-refractivity contribution in [1.82, 2.24) is 4.90 Å². The van der Waals surface area contributed by atoms with Crippen LogP contribution in [0.15, 0.2) is 18.2 Å². The number of hydrogen-bond acceptors (Lipinski definition) is 4. The van der Waals surface area contributed by atoms with Crippen LogP contribution in [0.25, 0.3) is 0 Å². The molecule has 5 nitrogen and oxygen atoms in total. The number of aromatic hydroxyl groups is 1. The van der Waals surface area contributed by atoms with Gasteiger partial charge in [0.15, 0.2) is 0 Å². The first-order chi connectivity index (χ1) is 9.36. The summed E-state index contributed by atoms with van der Waals surface area (Å²) in [4.78, 5) is 25.3. The van der Waals surface area contributed by atoms with Gasteiger partial charge in [0, 0.05) is 11.1 Å². The van der Waals surface area contributed by atoms with E-state index in [2.05, 4.69) is 0 Å². The number of amides is 1. The van der Waals surface area contributed by atoms with Crippen LogP contribution in [0.1, 0.15) is 31.1 Å². The van der Waals surface area contributed by atoms with Gasteiger partial charge < -0.3 is 14.7 Å². The molecule has 0 saturated heterocycles. The molecule has 1 rings (SSSR count). The van der Waals surface area contributed by atoms with Crippen molar-refractivity contribution >= 4 is 23.5 Å². The molecule has 1 N–H and O–H groups in total. The summed E-state index contributed by atoms with van der Waals surface area (Å²) in [5, 5.41) is 10.1. The van der Waals surface area contributed by atoms with E-state index in [1.807, 2.05) is 0 Å². The van der Waals surface area contributed by atoms with Crippen LogP contribution in [0.5, 0.6) is 5.75 Å². The van der Waals surface area contributed by atoms with E-state index in [1.54, 1.807) is 20.8 Å². The van der Waals surface area contributed by atoms with E-state index in [1.165, 1.54) is 23.1 Å². The van der Waals surface area contributed by atoms with Gasteiger partial charge in [0.1, 0.15) is 12.3 Å². The van der Waals surface area contributed by atoms with Gasteiger partial charge in [-0.3, -0.25) is 9.59 Å². The van der Waals surface area contributed by atoms with Crippen LogP contribution in [0.3, 0.4) is 0 Å². The molecule has 20 heavy (non-hydrogen) atoms. The predicted octanol–water partition coefficient (Wildman–Crippen LogP) is 2.46. The molecule has 0 fully saturated rings. The predicted molar refractivity (Wildman–Crippen MR) is 75.9 cm³/mol. The zero-order chi connectivity index (χ0) is 15.3. The second kappa shape index (κ2) is 7.14. The number of nitrogens with zero attached hydrogens (tertiary/aromatic N) is 1. The summed E-state index contributed by atoms with van der Waals surface area (Å²) in [6.07, 6.45) is 0. The standard InChI is InChI=1S/C14H18ClNO4/c1-4-20-13(18)8-16(9(2)3)14(19)11-7-10(15)5-6-12(11)17/h5-7,9,17H,4,8H2,1-3H3. The number of hydrogen-bond donors (Lipinski definition) is 1. The molecule has 0 heterocycles. The molecule has 0 unspecified atom stereocenters. The van der Waals surface area contributed by atoms with Crippen LogP contribution in [0, 0.1) is 0 Å². The summed E-state index contributed by atoms with van der Waals surface area (Å²) in [7, 11) is 0. The highest BCUT2D eigenvalue weighted by molar-refractivity contribution is 6.31. The van der Waals surface area contributed by atoms with E-state index in [9.17, 15) is 14.7 Å². The van der Waals surface area contributed by atoms with Gasteiger partial charge in [0.25, 0.3) is 5.91 Å². The van der Waals surface area contributed by atoms with E-state index in [-0.39, 0.29) is 30.5 Å². The fourth-order valence-corrected chi connectivity index (χ4v) is 1.84. The van der Waals surface area contributed by atoms with E-state index < -0.39 is 11.9 Å². The minimum absolute atomic E-state index is 0.0653. The smallest absolute Gasteiger partial charge is 0.325 e. The highest BCUT2D eigenvalue weighted by atomic mass is 35.5. The van der Waals surface area contributed by atoms with Crippen molar-refractivity contribution in [3.05, 3.63) is 28.8 Å². The molecule has 6 heteroatoms. The zero-order valence-corrected chi connectivity index (χ0v) is 12.5. The highest BCUT2D eigenvalue weighted by Crippen LogP contribution is 2.23. The van der Waals surface area contributed by atoms with E-state index in [0.29, 0.717) is 5.02 Å². The van der Waals surface area contributed by atoms with E-state index >= 15 is 0 Å². The van der Waals surface area contributed by atoms with Gasteiger partial charge in [-0.15, -0.1) is 0 Å². The Morgan fingerprint density at radius 1 is 1.40 bits per heavy atom. The summed E-state index contributed by atoms with van der Waals surface area (Å²) in [6.45, 7) is 5.33. The Bertz CT molecular complexity index is 502. The number of ether oxygens (including phenoxy) is 1. The normalized spacial score (nSPS) is 10.4. The Hall–Kier alpha value is -1.75. The van der Waals surface area contributed by atoms with Gasteiger partial charge in [0.2, 0.25) is 0 Å². The molecule has 0 bridgehead atoms.